The molecule has 2 aromatic rings. The van der Waals surface area contributed by atoms with E-state index in [1.165, 1.54) is 19.2 Å². The highest BCUT2D eigenvalue weighted by Gasteiger charge is 2.28. The number of carbonyl (C=O) groups is 1. The van der Waals surface area contributed by atoms with Gasteiger partial charge in [-0.05, 0) is 28.1 Å². The molecule has 0 radical (unpaired) electrons. The van der Waals surface area contributed by atoms with E-state index in [4.69, 9.17) is 9.84 Å². The number of halogens is 1. The fourth-order valence-corrected chi connectivity index (χ4v) is 4.85. The predicted molar refractivity (Wildman–Crippen MR) is 75.2 cm³/mol. The number of carboxylic acids is 1. The highest BCUT2D eigenvalue weighted by atomic mass is 79.9. The largest absolute Gasteiger partial charge is 0.495 e. The van der Waals surface area contributed by atoms with Crippen molar-refractivity contribution >= 4 is 43.1 Å². The van der Waals surface area contributed by atoms with Gasteiger partial charge >= 0.3 is 5.97 Å². The monoisotopic (exact) mass is 377 g/mol. The standard InChI is InChI=1S/C11H8BrNO5S2/c1-18-6-4-2-3-5-7(6)20(16,17)11-13-9(12)8(19-11)10(14)15/h2-5H,1H3,(H,14,15). The Kier molecular flexibility index (Phi) is 4.11. The molecule has 2 rings (SSSR count). The average Bonchev–Trinajstić information content (AvgIpc) is 2.81. The minimum atomic E-state index is -3.93. The van der Waals surface area contributed by atoms with Crippen LogP contribution in [-0.2, 0) is 9.84 Å². The average molecular weight is 378 g/mol. The SMILES string of the molecule is COc1ccccc1S(=O)(=O)c1nc(Br)c(C(=O)O)s1. The molecule has 0 amide bonds. The van der Waals surface area contributed by atoms with Crippen LogP contribution in [0.25, 0.3) is 0 Å². The van der Waals surface area contributed by atoms with Crippen molar-refractivity contribution in [1.29, 1.82) is 0 Å². The number of carboxylic acid groups (broad SMARTS) is 1. The third-order valence-electron chi connectivity index (χ3n) is 2.35. The molecule has 0 aliphatic rings. The van der Waals surface area contributed by atoms with Crippen molar-refractivity contribution in [2.45, 2.75) is 9.24 Å². The molecule has 0 atom stereocenters. The molecule has 0 spiro atoms. The summed E-state index contributed by atoms with van der Waals surface area (Å²) >= 11 is 3.53. The second-order valence-corrected chi connectivity index (χ2v) is 7.40. The van der Waals surface area contributed by atoms with Crippen LogP contribution in [0.4, 0.5) is 0 Å². The van der Waals surface area contributed by atoms with Crippen molar-refractivity contribution < 1.29 is 23.1 Å². The van der Waals surface area contributed by atoms with Crippen LogP contribution < -0.4 is 4.74 Å². The number of aromatic nitrogens is 1. The minimum absolute atomic E-state index is 0.0107. The number of methoxy groups -OCH3 is 1. The van der Waals surface area contributed by atoms with Gasteiger partial charge in [-0.15, -0.1) is 0 Å². The summed E-state index contributed by atoms with van der Waals surface area (Å²) in [7, 11) is -2.57. The highest BCUT2D eigenvalue weighted by molar-refractivity contribution is 9.10. The first-order valence-electron chi connectivity index (χ1n) is 5.15. The Labute approximate surface area is 127 Å². The van der Waals surface area contributed by atoms with Crippen molar-refractivity contribution in [1.82, 2.24) is 4.98 Å². The predicted octanol–water partition coefficient (Wildman–Crippen LogP) is 2.45. The van der Waals surface area contributed by atoms with Gasteiger partial charge in [0, 0.05) is 0 Å². The third kappa shape index (κ3) is 2.56. The van der Waals surface area contributed by atoms with Crippen LogP contribution >= 0.6 is 27.3 Å². The molecule has 0 aliphatic heterocycles. The Bertz CT molecular complexity index is 769. The number of para-hydroxylation sites is 1. The van der Waals surface area contributed by atoms with Crippen LogP contribution in [0.1, 0.15) is 9.67 Å². The number of thiazole rings is 1. The molecule has 9 heteroatoms. The molecule has 1 N–H and O–H groups in total. The van der Waals surface area contributed by atoms with Gasteiger partial charge in [0.2, 0.25) is 14.2 Å². The summed E-state index contributed by atoms with van der Waals surface area (Å²) in [6.45, 7) is 0. The van der Waals surface area contributed by atoms with Gasteiger partial charge in [0.05, 0.1) is 7.11 Å². The van der Waals surface area contributed by atoms with Gasteiger partial charge in [-0.25, -0.2) is 18.2 Å². The number of hydrogen-bond donors (Lipinski definition) is 1. The molecule has 0 unspecified atom stereocenters. The van der Waals surface area contributed by atoms with Crippen LogP contribution in [0.5, 0.6) is 5.75 Å². The second kappa shape index (κ2) is 5.51. The van der Waals surface area contributed by atoms with Gasteiger partial charge in [-0.2, -0.15) is 0 Å². The first-order chi connectivity index (χ1) is 9.37. The van der Waals surface area contributed by atoms with Crippen molar-refractivity contribution in [3.63, 3.8) is 0 Å². The van der Waals surface area contributed by atoms with Crippen molar-refractivity contribution in [3.05, 3.63) is 33.7 Å². The van der Waals surface area contributed by atoms with Crippen LogP contribution in [0.15, 0.2) is 38.1 Å². The maximum Gasteiger partial charge on any atom is 0.348 e. The topological polar surface area (TPSA) is 93.6 Å². The van der Waals surface area contributed by atoms with Crippen LogP contribution in [0, 0.1) is 0 Å². The third-order valence-corrected chi connectivity index (χ3v) is 6.40. The Morgan fingerprint density at radius 1 is 1.40 bits per heavy atom. The lowest BCUT2D eigenvalue weighted by molar-refractivity contribution is 0.0701. The maximum atomic E-state index is 12.5. The zero-order chi connectivity index (χ0) is 14.9. The van der Waals surface area contributed by atoms with E-state index in [1.807, 2.05) is 0 Å². The van der Waals surface area contributed by atoms with Gasteiger partial charge in [0.1, 0.15) is 20.1 Å². The molecule has 1 aromatic carbocycles. The fourth-order valence-electron chi connectivity index (χ4n) is 1.46. The van der Waals surface area contributed by atoms with Crippen molar-refractivity contribution in [3.8, 4) is 5.75 Å². The first kappa shape index (κ1) is 14.9. The summed E-state index contributed by atoms with van der Waals surface area (Å²) in [6.07, 6.45) is 0. The Morgan fingerprint density at radius 3 is 2.60 bits per heavy atom. The van der Waals surface area contributed by atoms with Crippen LogP contribution in [0.3, 0.4) is 0 Å². The number of rotatable bonds is 4. The number of ether oxygens (including phenoxy) is 1. The zero-order valence-electron chi connectivity index (χ0n) is 10.0. The van der Waals surface area contributed by atoms with E-state index in [1.54, 1.807) is 12.1 Å². The number of hydrogen-bond acceptors (Lipinski definition) is 6. The van der Waals surface area contributed by atoms with Gasteiger partial charge in [-0.1, -0.05) is 23.5 Å². The van der Waals surface area contributed by atoms with Gasteiger partial charge < -0.3 is 9.84 Å². The molecule has 0 bridgehead atoms. The smallest absolute Gasteiger partial charge is 0.348 e. The molecule has 0 saturated heterocycles. The lowest BCUT2D eigenvalue weighted by Gasteiger charge is -2.06. The summed E-state index contributed by atoms with van der Waals surface area (Å²) in [4.78, 5) is 14.5. The Hall–Kier alpha value is -1.45. The first-order valence-corrected chi connectivity index (χ1v) is 8.25. The van der Waals surface area contributed by atoms with Gasteiger partial charge in [0.15, 0.2) is 0 Å². The number of aromatic carboxylic acids is 1. The molecule has 0 aliphatic carbocycles. The molecular weight excluding hydrogens is 370 g/mol. The fraction of sp³-hybridized carbons (Fsp3) is 0.0909. The summed E-state index contributed by atoms with van der Waals surface area (Å²) < 4.78 is 29.6. The molecule has 20 heavy (non-hydrogen) atoms. The number of nitrogens with zero attached hydrogens (tertiary/aromatic N) is 1. The van der Waals surface area contributed by atoms with Gasteiger partial charge in [-0.3, -0.25) is 0 Å². The summed E-state index contributed by atoms with van der Waals surface area (Å²) in [5.41, 5.74) is 0. The molecule has 0 fully saturated rings. The molecule has 106 valence electrons. The summed E-state index contributed by atoms with van der Waals surface area (Å²) in [6, 6.07) is 6.08. The Morgan fingerprint density at radius 2 is 2.05 bits per heavy atom. The zero-order valence-corrected chi connectivity index (χ0v) is 13.3. The Balaban J connectivity index is 2.61. The van der Waals surface area contributed by atoms with E-state index < -0.39 is 15.8 Å². The van der Waals surface area contributed by atoms with E-state index in [0.717, 1.165) is 0 Å². The van der Waals surface area contributed by atoms with E-state index in [-0.39, 0.29) is 24.5 Å². The van der Waals surface area contributed by atoms with Gasteiger partial charge in [0.25, 0.3) is 0 Å². The molecular formula is C11H8BrNO5S2. The molecule has 1 aromatic heterocycles. The van der Waals surface area contributed by atoms with E-state index in [2.05, 4.69) is 20.9 Å². The van der Waals surface area contributed by atoms with Crippen LogP contribution in [0.2, 0.25) is 0 Å². The molecule has 0 saturated carbocycles. The van der Waals surface area contributed by atoms with Crippen LogP contribution in [-0.4, -0.2) is 31.6 Å². The van der Waals surface area contributed by atoms with E-state index in [0.29, 0.717) is 11.3 Å². The van der Waals surface area contributed by atoms with E-state index in [9.17, 15) is 13.2 Å². The highest BCUT2D eigenvalue weighted by Crippen LogP contribution is 2.34. The number of benzene rings is 1. The molecule has 1 heterocycles. The van der Waals surface area contributed by atoms with E-state index >= 15 is 0 Å². The summed E-state index contributed by atoms with van der Waals surface area (Å²) in [5.74, 6) is -1.06. The second-order valence-electron chi connectivity index (χ2n) is 3.56. The minimum Gasteiger partial charge on any atom is -0.495 e. The lowest BCUT2D eigenvalue weighted by Crippen LogP contribution is -2.03. The maximum absolute atomic E-state index is 12.5. The normalized spacial score (nSPS) is 11.3. The number of sulfone groups is 1. The molecule has 6 nitrogen and oxygen atoms in total. The van der Waals surface area contributed by atoms with Crippen molar-refractivity contribution in [2.75, 3.05) is 7.11 Å². The summed E-state index contributed by atoms with van der Waals surface area (Å²) in [5, 5.41) is 8.94. The van der Waals surface area contributed by atoms with Crippen molar-refractivity contribution in [2.24, 2.45) is 0 Å². The quantitative estimate of drug-likeness (QED) is 0.879. The lowest BCUT2D eigenvalue weighted by atomic mass is 10.3.